The number of rotatable bonds is 4. The van der Waals surface area contributed by atoms with Crippen LogP contribution in [-0.2, 0) is 16.2 Å². The molecule has 0 N–H and O–H groups in total. The fourth-order valence-electron chi connectivity index (χ4n) is 9.74. The molecule has 1 nitrogen and oxygen atoms in total. The van der Waals surface area contributed by atoms with E-state index in [0.29, 0.717) is 0 Å². The minimum absolute atomic E-state index is 0.0791. The monoisotopic (exact) mass is 649 g/mol. The van der Waals surface area contributed by atoms with E-state index in [0.717, 1.165) is 0 Å². The molecule has 0 unspecified atom stereocenters. The number of nitrogens with zero attached hydrogens (tertiary/aromatic N) is 1. The normalized spacial score (nSPS) is 16.4. The minimum Gasteiger partial charge on any atom is -0.310 e. The third kappa shape index (κ3) is 4.66. The van der Waals surface area contributed by atoms with Crippen LogP contribution in [0.4, 0.5) is 17.1 Å². The summed E-state index contributed by atoms with van der Waals surface area (Å²) < 4.78 is 0. The van der Waals surface area contributed by atoms with Crippen LogP contribution in [0, 0.1) is 0 Å². The summed E-state index contributed by atoms with van der Waals surface area (Å²) in [7, 11) is 0. The van der Waals surface area contributed by atoms with Crippen molar-refractivity contribution in [3.05, 3.63) is 161 Å². The molecule has 3 aliphatic rings. The molecule has 0 radical (unpaired) electrons. The molecule has 248 valence electrons. The molecule has 6 aromatic carbocycles. The highest BCUT2D eigenvalue weighted by molar-refractivity contribution is 5.90. The van der Waals surface area contributed by atoms with E-state index in [1.165, 1.54) is 110 Å². The lowest BCUT2D eigenvalue weighted by atomic mass is 9.68. The molecule has 1 saturated carbocycles. The Morgan fingerprint density at radius 1 is 0.480 bits per heavy atom. The number of benzene rings is 6. The highest BCUT2D eigenvalue weighted by Gasteiger charge is 2.44. The SMILES string of the molecule is CC(C)(C)c1ccc(N(c2cccc(-c3cccc4c3C(C)(C)c3ccccc3-4)c2)c2ccc3c(c2)C2(CCCCC2)c2ccccc2-3)cc1. The van der Waals surface area contributed by atoms with Crippen molar-refractivity contribution in [3.63, 3.8) is 0 Å². The van der Waals surface area contributed by atoms with Crippen LogP contribution in [0.25, 0.3) is 33.4 Å². The van der Waals surface area contributed by atoms with Gasteiger partial charge in [-0.2, -0.15) is 0 Å². The van der Waals surface area contributed by atoms with Gasteiger partial charge in [0.15, 0.2) is 0 Å². The Balaban J connectivity index is 1.22. The topological polar surface area (TPSA) is 3.24 Å². The zero-order valence-corrected chi connectivity index (χ0v) is 30.2. The summed E-state index contributed by atoms with van der Waals surface area (Å²) in [6.07, 6.45) is 6.38. The second-order valence-electron chi connectivity index (χ2n) is 16.5. The fraction of sp³-hybridized carbons (Fsp3) is 0.265. The minimum atomic E-state index is -0.0791. The van der Waals surface area contributed by atoms with Crippen molar-refractivity contribution in [2.75, 3.05) is 4.90 Å². The van der Waals surface area contributed by atoms with E-state index in [2.05, 4.69) is 173 Å². The summed E-state index contributed by atoms with van der Waals surface area (Å²) >= 11 is 0. The Kier molecular flexibility index (Phi) is 7.05. The van der Waals surface area contributed by atoms with E-state index in [-0.39, 0.29) is 16.2 Å². The van der Waals surface area contributed by atoms with E-state index in [9.17, 15) is 0 Å². The molecule has 1 fully saturated rings. The average molecular weight is 650 g/mol. The first-order valence-electron chi connectivity index (χ1n) is 18.7. The van der Waals surface area contributed by atoms with Crippen molar-refractivity contribution >= 4 is 17.1 Å². The smallest absolute Gasteiger partial charge is 0.0467 e. The van der Waals surface area contributed by atoms with Gasteiger partial charge in [0.1, 0.15) is 0 Å². The standard InChI is InChI=1S/C49H47N/c1-47(2,3)34-23-25-35(26-24-34)50(37-27-28-41-39-17-8-10-22-44(39)49(45(41)32-37)29-11-6-12-30-49)36-16-13-15-33(31-36)38-19-14-20-42-40-18-7-9-21-43(40)48(4,5)46(38)42/h7-10,13-28,31-32H,6,11-12,29-30H2,1-5H3. The average Bonchev–Trinajstić information content (AvgIpc) is 3.53. The third-order valence-corrected chi connectivity index (χ3v) is 12.2. The molecular weight excluding hydrogens is 603 g/mol. The molecule has 0 saturated heterocycles. The molecule has 0 aromatic heterocycles. The quantitative estimate of drug-likeness (QED) is 0.184. The lowest BCUT2D eigenvalue weighted by Gasteiger charge is -2.36. The molecular formula is C49H47N. The second-order valence-corrected chi connectivity index (χ2v) is 16.5. The largest absolute Gasteiger partial charge is 0.310 e. The van der Waals surface area contributed by atoms with Gasteiger partial charge >= 0.3 is 0 Å². The van der Waals surface area contributed by atoms with Crippen LogP contribution in [-0.4, -0.2) is 0 Å². The van der Waals surface area contributed by atoms with E-state index in [1.54, 1.807) is 0 Å². The molecule has 1 spiro atoms. The predicted octanol–water partition coefficient (Wildman–Crippen LogP) is 13.7. The molecule has 0 bridgehead atoms. The van der Waals surface area contributed by atoms with Crippen molar-refractivity contribution in [3.8, 4) is 33.4 Å². The van der Waals surface area contributed by atoms with Gasteiger partial charge < -0.3 is 4.90 Å². The molecule has 0 amide bonds. The summed E-state index contributed by atoms with van der Waals surface area (Å²) in [4.78, 5) is 2.50. The molecule has 0 atom stereocenters. The summed E-state index contributed by atoms with van der Waals surface area (Å²) in [6.45, 7) is 11.7. The first-order chi connectivity index (χ1) is 24.2. The first-order valence-corrected chi connectivity index (χ1v) is 18.7. The fourth-order valence-corrected chi connectivity index (χ4v) is 9.74. The van der Waals surface area contributed by atoms with Crippen molar-refractivity contribution in [1.29, 1.82) is 0 Å². The first kappa shape index (κ1) is 31.1. The van der Waals surface area contributed by atoms with Crippen molar-refractivity contribution < 1.29 is 0 Å². The number of anilines is 3. The summed E-state index contributed by atoms with van der Waals surface area (Å²) in [6, 6.07) is 50.9. The Morgan fingerprint density at radius 2 is 1.06 bits per heavy atom. The Hall–Kier alpha value is -4.88. The second kappa shape index (κ2) is 11.3. The molecule has 0 heterocycles. The van der Waals surface area contributed by atoms with Crippen molar-refractivity contribution in [1.82, 2.24) is 0 Å². The van der Waals surface area contributed by atoms with Crippen molar-refractivity contribution in [2.45, 2.75) is 83.0 Å². The van der Waals surface area contributed by atoms with Crippen LogP contribution in [0.3, 0.4) is 0 Å². The molecule has 0 aliphatic heterocycles. The highest BCUT2D eigenvalue weighted by atomic mass is 15.1. The lowest BCUT2D eigenvalue weighted by molar-refractivity contribution is 0.353. The van der Waals surface area contributed by atoms with E-state index >= 15 is 0 Å². The maximum Gasteiger partial charge on any atom is 0.0467 e. The molecule has 3 aliphatic carbocycles. The van der Waals surface area contributed by atoms with Crippen LogP contribution in [0.2, 0.25) is 0 Å². The third-order valence-electron chi connectivity index (χ3n) is 12.2. The summed E-state index contributed by atoms with van der Waals surface area (Å²) in [5, 5.41) is 0. The van der Waals surface area contributed by atoms with Crippen LogP contribution >= 0.6 is 0 Å². The van der Waals surface area contributed by atoms with Gasteiger partial charge in [-0.25, -0.2) is 0 Å². The predicted molar refractivity (Wildman–Crippen MR) is 212 cm³/mol. The number of fused-ring (bicyclic) bond motifs is 8. The highest BCUT2D eigenvalue weighted by Crippen LogP contribution is 2.57. The van der Waals surface area contributed by atoms with Gasteiger partial charge in [0.05, 0.1) is 0 Å². The van der Waals surface area contributed by atoms with Crippen LogP contribution in [0.15, 0.2) is 133 Å². The van der Waals surface area contributed by atoms with Gasteiger partial charge in [0.2, 0.25) is 0 Å². The van der Waals surface area contributed by atoms with Gasteiger partial charge in [0, 0.05) is 27.9 Å². The van der Waals surface area contributed by atoms with E-state index < -0.39 is 0 Å². The molecule has 50 heavy (non-hydrogen) atoms. The Morgan fingerprint density at radius 3 is 1.80 bits per heavy atom. The van der Waals surface area contributed by atoms with Gasteiger partial charge in [0.25, 0.3) is 0 Å². The summed E-state index contributed by atoms with van der Waals surface area (Å²) in [5.74, 6) is 0. The lowest BCUT2D eigenvalue weighted by Crippen LogP contribution is -2.28. The molecule has 6 aromatic rings. The van der Waals surface area contributed by atoms with Gasteiger partial charge in [-0.1, -0.05) is 151 Å². The molecule has 1 heteroatoms. The van der Waals surface area contributed by atoms with Crippen molar-refractivity contribution in [2.24, 2.45) is 0 Å². The number of hydrogen-bond donors (Lipinski definition) is 0. The summed E-state index contributed by atoms with van der Waals surface area (Å²) in [5.41, 5.74) is 19.1. The van der Waals surface area contributed by atoms with E-state index in [4.69, 9.17) is 0 Å². The Labute approximate surface area is 298 Å². The van der Waals surface area contributed by atoms with Gasteiger partial charge in [-0.15, -0.1) is 0 Å². The van der Waals surface area contributed by atoms with Crippen LogP contribution in [0.1, 0.15) is 94.5 Å². The molecule has 9 rings (SSSR count). The zero-order valence-electron chi connectivity index (χ0n) is 30.2. The zero-order chi connectivity index (χ0) is 34.3. The maximum atomic E-state index is 2.55. The van der Waals surface area contributed by atoms with Gasteiger partial charge in [-0.3, -0.25) is 0 Å². The van der Waals surface area contributed by atoms with E-state index in [1.807, 2.05) is 0 Å². The van der Waals surface area contributed by atoms with Crippen LogP contribution in [0.5, 0.6) is 0 Å². The van der Waals surface area contributed by atoms with Gasteiger partial charge in [-0.05, 0) is 116 Å². The maximum absolute atomic E-state index is 2.55. The van der Waals surface area contributed by atoms with Crippen LogP contribution < -0.4 is 4.90 Å². The number of hydrogen-bond acceptors (Lipinski definition) is 1. The Bertz CT molecular complexity index is 2250.